The number of benzene rings is 2. The lowest BCUT2D eigenvalue weighted by Crippen LogP contribution is -1.95. The molecule has 2 aromatic carbocycles. The van der Waals surface area contributed by atoms with Gasteiger partial charge in [-0.3, -0.25) is 4.79 Å². The van der Waals surface area contributed by atoms with Crippen molar-refractivity contribution in [3.8, 4) is 11.5 Å². The minimum atomic E-state index is -0.375. The molecule has 0 fully saturated rings. The minimum absolute atomic E-state index is 0.219. The normalized spacial score (nSPS) is 10.7. The zero-order valence-corrected chi connectivity index (χ0v) is 13.7. The molecule has 22 heavy (non-hydrogen) atoms. The van der Waals surface area contributed by atoms with E-state index < -0.39 is 0 Å². The Hall–Kier alpha value is -2.14. The van der Waals surface area contributed by atoms with Crippen molar-refractivity contribution in [2.45, 2.75) is 0 Å². The molecular weight excluding hydrogens is 351 g/mol. The number of halogens is 2. The second kappa shape index (κ2) is 7.22. The molecule has 5 heteroatoms. The summed E-state index contributed by atoms with van der Waals surface area (Å²) in [4.78, 5) is 12.1. The van der Waals surface area contributed by atoms with Gasteiger partial charge >= 0.3 is 0 Å². The predicted octanol–water partition coefficient (Wildman–Crippen LogP) is 4.50. The van der Waals surface area contributed by atoms with E-state index in [1.807, 2.05) is 0 Å². The number of allylic oxidation sites excluding steroid dienone is 1. The van der Waals surface area contributed by atoms with E-state index in [4.69, 9.17) is 9.47 Å². The molecule has 3 nitrogen and oxygen atoms in total. The van der Waals surface area contributed by atoms with Crippen LogP contribution in [0.3, 0.4) is 0 Å². The van der Waals surface area contributed by atoms with Crippen LogP contribution in [0.15, 0.2) is 46.9 Å². The number of carbonyl (C=O) groups excluding carboxylic acids is 1. The predicted molar refractivity (Wildman–Crippen MR) is 87.0 cm³/mol. The number of ether oxygens (including phenoxy) is 2. The summed E-state index contributed by atoms with van der Waals surface area (Å²) in [7, 11) is 3.11. The number of rotatable bonds is 5. The molecule has 0 aliphatic heterocycles. The number of carbonyl (C=O) groups is 1. The molecule has 0 unspecified atom stereocenters. The molecular formula is C17H14BrFO3. The van der Waals surface area contributed by atoms with Gasteiger partial charge in [0.25, 0.3) is 0 Å². The monoisotopic (exact) mass is 364 g/mol. The highest BCUT2D eigenvalue weighted by Gasteiger charge is 2.08. The molecule has 0 aromatic heterocycles. The number of hydrogen-bond donors (Lipinski definition) is 0. The van der Waals surface area contributed by atoms with Crippen molar-refractivity contribution in [1.82, 2.24) is 0 Å². The summed E-state index contributed by atoms with van der Waals surface area (Å²) in [6.07, 6.45) is 3.05. The maximum Gasteiger partial charge on any atom is 0.185 e. The standard InChI is InChI=1S/C17H14BrFO3/c1-21-16-10-14(18)17(22-2)9-12(16)5-8-15(20)11-3-6-13(19)7-4-11/h3-10H,1-2H3/b8-5+. The molecule has 0 saturated heterocycles. The summed E-state index contributed by atoms with van der Waals surface area (Å²) in [5, 5.41) is 0. The van der Waals surface area contributed by atoms with Crippen LogP contribution in [0.2, 0.25) is 0 Å². The summed E-state index contributed by atoms with van der Waals surface area (Å²) in [5.41, 5.74) is 1.12. The van der Waals surface area contributed by atoms with Crippen molar-refractivity contribution in [2.75, 3.05) is 14.2 Å². The van der Waals surface area contributed by atoms with Crippen LogP contribution in [0.25, 0.3) is 6.08 Å². The van der Waals surface area contributed by atoms with Crippen LogP contribution >= 0.6 is 15.9 Å². The minimum Gasteiger partial charge on any atom is -0.496 e. The summed E-state index contributed by atoms with van der Waals surface area (Å²) in [6.45, 7) is 0. The fourth-order valence-corrected chi connectivity index (χ4v) is 2.37. The van der Waals surface area contributed by atoms with E-state index in [0.29, 0.717) is 22.6 Å². The highest BCUT2D eigenvalue weighted by Crippen LogP contribution is 2.33. The van der Waals surface area contributed by atoms with Gasteiger partial charge in [-0.1, -0.05) is 0 Å². The largest absolute Gasteiger partial charge is 0.496 e. The first-order chi connectivity index (χ1) is 10.5. The van der Waals surface area contributed by atoms with Gasteiger partial charge < -0.3 is 9.47 Å². The molecule has 2 aromatic rings. The van der Waals surface area contributed by atoms with Crippen molar-refractivity contribution in [3.63, 3.8) is 0 Å². The van der Waals surface area contributed by atoms with Crippen molar-refractivity contribution in [2.24, 2.45) is 0 Å². The smallest absolute Gasteiger partial charge is 0.185 e. The SMILES string of the molecule is COc1cc(/C=C/C(=O)c2ccc(F)cc2)c(OC)cc1Br. The molecule has 0 saturated carbocycles. The number of ketones is 1. The van der Waals surface area contributed by atoms with Crippen LogP contribution in [-0.4, -0.2) is 20.0 Å². The molecule has 0 amide bonds. The highest BCUT2D eigenvalue weighted by molar-refractivity contribution is 9.10. The molecule has 0 heterocycles. The molecule has 0 aliphatic rings. The third-order valence-electron chi connectivity index (χ3n) is 3.05. The lowest BCUT2D eigenvalue weighted by molar-refractivity contribution is 0.104. The van der Waals surface area contributed by atoms with Crippen LogP contribution in [-0.2, 0) is 0 Å². The molecule has 2 rings (SSSR count). The van der Waals surface area contributed by atoms with E-state index in [2.05, 4.69) is 15.9 Å². The van der Waals surface area contributed by atoms with Crippen molar-refractivity contribution in [3.05, 3.63) is 63.9 Å². The first kappa shape index (κ1) is 16.2. The average Bonchev–Trinajstić information content (AvgIpc) is 2.53. The molecule has 0 radical (unpaired) electrons. The van der Waals surface area contributed by atoms with Crippen molar-refractivity contribution < 1.29 is 18.7 Å². The lowest BCUT2D eigenvalue weighted by Gasteiger charge is -2.09. The molecule has 0 atom stereocenters. The van der Waals surface area contributed by atoms with Gasteiger partial charge in [-0.05, 0) is 64.5 Å². The van der Waals surface area contributed by atoms with E-state index in [1.54, 1.807) is 32.4 Å². The topological polar surface area (TPSA) is 35.5 Å². The van der Waals surface area contributed by atoms with Gasteiger partial charge in [0.1, 0.15) is 17.3 Å². The molecule has 114 valence electrons. The molecule has 0 aliphatic carbocycles. The lowest BCUT2D eigenvalue weighted by atomic mass is 10.1. The first-order valence-corrected chi connectivity index (χ1v) is 7.24. The van der Waals surface area contributed by atoms with Gasteiger partial charge in [0, 0.05) is 11.1 Å². The highest BCUT2D eigenvalue weighted by atomic mass is 79.9. The van der Waals surface area contributed by atoms with E-state index in [9.17, 15) is 9.18 Å². The summed E-state index contributed by atoms with van der Waals surface area (Å²) in [6, 6.07) is 8.93. The van der Waals surface area contributed by atoms with Crippen molar-refractivity contribution in [1.29, 1.82) is 0 Å². The summed E-state index contributed by atoms with van der Waals surface area (Å²) in [5.74, 6) is 0.647. The zero-order valence-electron chi connectivity index (χ0n) is 12.1. The van der Waals surface area contributed by atoms with Gasteiger partial charge in [-0.15, -0.1) is 0 Å². The third-order valence-corrected chi connectivity index (χ3v) is 3.67. The van der Waals surface area contributed by atoms with E-state index in [-0.39, 0.29) is 11.6 Å². The fourth-order valence-electron chi connectivity index (χ4n) is 1.89. The Morgan fingerprint density at radius 3 is 2.32 bits per heavy atom. The fraction of sp³-hybridized carbons (Fsp3) is 0.118. The maximum absolute atomic E-state index is 12.9. The van der Waals surface area contributed by atoms with Gasteiger partial charge in [0.2, 0.25) is 0 Å². The average molecular weight is 365 g/mol. The Morgan fingerprint density at radius 2 is 1.73 bits per heavy atom. The van der Waals surface area contributed by atoms with Crippen LogP contribution in [0.5, 0.6) is 11.5 Å². The van der Waals surface area contributed by atoms with Crippen LogP contribution in [0.1, 0.15) is 15.9 Å². The quantitative estimate of drug-likeness (QED) is 0.578. The molecule has 0 spiro atoms. The van der Waals surface area contributed by atoms with Gasteiger partial charge in [0.05, 0.1) is 18.7 Å². The van der Waals surface area contributed by atoms with Crippen LogP contribution in [0.4, 0.5) is 4.39 Å². The van der Waals surface area contributed by atoms with E-state index in [0.717, 1.165) is 4.47 Å². The Bertz CT molecular complexity index is 709. The Balaban J connectivity index is 2.29. The summed E-state index contributed by atoms with van der Waals surface area (Å²) >= 11 is 3.37. The van der Waals surface area contributed by atoms with E-state index >= 15 is 0 Å². The Labute approximate surface area is 136 Å². The van der Waals surface area contributed by atoms with Crippen LogP contribution < -0.4 is 9.47 Å². The third kappa shape index (κ3) is 3.74. The van der Waals surface area contributed by atoms with Gasteiger partial charge in [-0.2, -0.15) is 0 Å². The second-order valence-electron chi connectivity index (χ2n) is 4.43. The molecule has 0 N–H and O–H groups in total. The van der Waals surface area contributed by atoms with Crippen LogP contribution in [0, 0.1) is 5.82 Å². The zero-order chi connectivity index (χ0) is 16.1. The Kier molecular flexibility index (Phi) is 5.33. The van der Waals surface area contributed by atoms with Gasteiger partial charge in [0.15, 0.2) is 5.78 Å². The maximum atomic E-state index is 12.9. The Morgan fingerprint density at radius 1 is 1.09 bits per heavy atom. The number of methoxy groups -OCH3 is 2. The van der Waals surface area contributed by atoms with E-state index in [1.165, 1.54) is 30.3 Å². The molecule has 0 bridgehead atoms. The first-order valence-electron chi connectivity index (χ1n) is 6.44. The van der Waals surface area contributed by atoms with Crippen molar-refractivity contribution >= 4 is 27.8 Å². The number of hydrogen-bond acceptors (Lipinski definition) is 3. The second-order valence-corrected chi connectivity index (χ2v) is 5.29. The summed E-state index contributed by atoms with van der Waals surface area (Å²) < 4.78 is 24.1. The van der Waals surface area contributed by atoms with Gasteiger partial charge in [-0.25, -0.2) is 4.39 Å².